The number of carbonyl (C=O) groups is 2. The smallest absolute Gasteiger partial charge is 0.265 e. The molecule has 0 aromatic heterocycles. The van der Waals surface area contributed by atoms with Crippen LogP contribution in [0.25, 0.3) is 0 Å². The second-order valence-corrected chi connectivity index (χ2v) is 7.51. The molecule has 0 unspecified atom stereocenters. The van der Waals surface area contributed by atoms with Gasteiger partial charge < -0.3 is 19.7 Å². The first-order valence-corrected chi connectivity index (χ1v) is 10.1. The fourth-order valence-corrected chi connectivity index (χ4v) is 3.46. The predicted octanol–water partition coefficient (Wildman–Crippen LogP) is 4.11. The van der Waals surface area contributed by atoms with E-state index in [0.29, 0.717) is 23.7 Å². The SMILES string of the molecule is COc1ccc(CC(=O)Nc2ccc3c(c2)N(Cc2ccc(C)cc2)C(=O)CO3)cc1. The third-order valence-corrected chi connectivity index (χ3v) is 5.17. The molecule has 0 aliphatic carbocycles. The number of nitrogens with one attached hydrogen (secondary N) is 1. The van der Waals surface area contributed by atoms with E-state index in [0.717, 1.165) is 16.9 Å². The molecule has 1 aliphatic rings. The molecule has 31 heavy (non-hydrogen) atoms. The molecule has 0 fully saturated rings. The number of benzene rings is 3. The van der Waals surface area contributed by atoms with Crippen molar-refractivity contribution in [2.75, 3.05) is 23.9 Å². The van der Waals surface area contributed by atoms with Crippen LogP contribution in [0.1, 0.15) is 16.7 Å². The van der Waals surface area contributed by atoms with Crippen LogP contribution in [0.15, 0.2) is 66.7 Å². The van der Waals surface area contributed by atoms with Gasteiger partial charge in [-0.1, -0.05) is 42.0 Å². The Hall–Kier alpha value is -3.80. The van der Waals surface area contributed by atoms with Crippen molar-refractivity contribution < 1.29 is 19.1 Å². The van der Waals surface area contributed by atoms with E-state index in [-0.39, 0.29) is 24.8 Å². The number of carbonyl (C=O) groups excluding carboxylic acids is 2. The number of hydrogen-bond acceptors (Lipinski definition) is 4. The number of hydrogen-bond donors (Lipinski definition) is 1. The Morgan fingerprint density at radius 3 is 2.45 bits per heavy atom. The summed E-state index contributed by atoms with van der Waals surface area (Å²) in [7, 11) is 1.61. The van der Waals surface area contributed by atoms with Crippen LogP contribution < -0.4 is 19.7 Å². The lowest BCUT2D eigenvalue weighted by atomic mass is 10.1. The fraction of sp³-hybridized carbons (Fsp3) is 0.200. The average molecular weight is 416 g/mol. The second-order valence-electron chi connectivity index (χ2n) is 7.51. The maximum atomic E-state index is 12.6. The monoisotopic (exact) mass is 416 g/mol. The molecule has 0 radical (unpaired) electrons. The van der Waals surface area contributed by atoms with Crippen molar-refractivity contribution in [1.82, 2.24) is 0 Å². The number of rotatable bonds is 6. The Labute approximate surface area is 181 Å². The standard InChI is InChI=1S/C25H24N2O4/c1-17-3-5-19(6-4-17)15-27-22-14-20(9-12-23(22)31-16-25(27)29)26-24(28)13-18-7-10-21(30-2)11-8-18/h3-12,14H,13,15-16H2,1-2H3,(H,26,28). The van der Waals surface area contributed by atoms with Crippen molar-refractivity contribution in [3.8, 4) is 11.5 Å². The third kappa shape index (κ3) is 4.86. The molecular weight excluding hydrogens is 392 g/mol. The summed E-state index contributed by atoms with van der Waals surface area (Å²) in [6, 6.07) is 20.8. The van der Waals surface area contributed by atoms with E-state index in [9.17, 15) is 9.59 Å². The van der Waals surface area contributed by atoms with E-state index in [2.05, 4.69) is 5.32 Å². The normalized spacial score (nSPS) is 12.7. The molecule has 3 aromatic carbocycles. The molecule has 0 atom stereocenters. The second kappa shape index (κ2) is 8.92. The summed E-state index contributed by atoms with van der Waals surface area (Å²) in [4.78, 5) is 26.8. The van der Waals surface area contributed by atoms with Gasteiger partial charge in [0.2, 0.25) is 5.91 Å². The minimum absolute atomic E-state index is 0.00202. The number of fused-ring (bicyclic) bond motifs is 1. The van der Waals surface area contributed by atoms with Gasteiger partial charge in [0.25, 0.3) is 5.91 Å². The number of amides is 2. The molecule has 2 amide bonds. The van der Waals surface area contributed by atoms with Gasteiger partial charge in [-0.15, -0.1) is 0 Å². The van der Waals surface area contributed by atoms with E-state index in [1.807, 2.05) is 55.5 Å². The molecule has 3 aromatic rings. The van der Waals surface area contributed by atoms with Gasteiger partial charge in [0.15, 0.2) is 6.61 Å². The number of anilines is 2. The van der Waals surface area contributed by atoms with Crippen molar-refractivity contribution in [3.63, 3.8) is 0 Å². The molecular formula is C25H24N2O4. The number of aryl methyl sites for hydroxylation is 1. The summed E-state index contributed by atoms with van der Waals surface area (Å²) in [5, 5.41) is 2.91. The summed E-state index contributed by atoms with van der Waals surface area (Å²) in [5.74, 6) is 1.12. The van der Waals surface area contributed by atoms with Crippen LogP contribution in [0.3, 0.4) is 0 Å². The lowest BCUT2D eigenvalue weighted by Gasteiger charge is -2.30. The molecule has 4 rings (SSSR count). The fourth-order valence-electron chi connectivity index (χ4n) is 3.46. The zero-order valence-corrected chi connectivity index (χ0v) is 17.6. The predicted molar refractivity (Wildman–Crippen MR) is 120 cm³/mol. The van der Waals surface area contributed by atoms with Crippen molar-refractivity contribution in [2.45, 2.75) is 19.9 Å². The van der Waals surface area contributed by atoms with Gasteiger partial charge in [-0.3, -0.25) is 9.59 Å². The lowest BCUT2D eigenvalue weighted by molar-refractivity contribution is -0.121. The van der Waals surface area contributed by atoms with Crippen molar-refractivity contribution in [2.24, 2.45) is 0 Å². The summed E-state index contributed by atoms with van der Waals surface area (Å²) in [5.41, 5.74) is 4.35. The Kier molecular flexibility index (Phi) is 5.89. The lowest BCUT2D eigenvalue weighted by Crippen LogP contribution is -2.38. The quantitative estimate of drug-likeness (QED) is 0.657. The molecule has 6 nitrogen and oxygen atoms in total. The average Bonchev–Trinajstić information content (AvgIpc) is 2.77. The maximum absolute atomic E-state index is 12.6. The zero-order chi connectivity index (χ0) is 21.8. The first kappa shape index (κ1) is 20.5. The Balaban J connectivity index is 1.50. The molecule has 1 aliphatic heterocycles. The minimum atomic E-state index is -0.141. The molecule has 1 N–H and O–H groups in total. The maximum Gasteiger partial charge on any atom is 0.265 e. The molecule has 0 spiro atoms. The summed E-state index contributed by atoms with van der Waals surface area (Å²) in [6.45, 7) is 2.47. The third-order valence-electron chi connectivity index (χ3n) is 5.17. The van der Waals surface area contributed by atoms with E-state index >= 15 is 0 Å². The van der Waals surface area contributed by atoms with Gasteiger partial charge >= 0.3 is 0 Å². The van der Waals surface area contributed by atoms with Gasteiger partial charge in [0, 0.05) is 5.69 Å². The first-order chi connectivity index (χ1) is 15.0. The highest BCUT2D eigenvalue weighted by molar-refractivity contribution is 5.99. The van der Waals surface area contributed by atoms with Crippen molar-refractivity contribution >= 4 is 23.2 Å². The van der Waals surface area contributed by atoms with Crippen LogP contribution in [0.4, 0.5) is 11.4 Å². The molecule has 0 saturated carbocycles. The van der Waals surface area contributed by atoms with E-state index in [4.69, 9.17) is 9.47 Å². The molecule has 0 bridgehead atoms. The highest BCUT2D eigenvalue weighted by Crippen LogP contribution is 2.35. The number of ether oxygens (including phenoxy) is 2. The van der Waals surface area contributed by atoms with Gasteiger partial charge in [0.1, 0.15) is 11.5 Å². The minimum Gasteiger partial charge on any atom is -0.497 e. The largest absolute Gasteiger partial charge is 0.497 e. The van der Waals surface area contributed by atoms with Crippen LogP contribution in [0.2, 0.25) is 0 Å². The van der Waals surface area contributed by atoms with E-state index < -0.39 is 0 Å². The summed E-state index contributed by atoms with van der Waals surface area (Å²) >= 11 is 0. The van der Waals surface area contributed by atoms with Crippen molar-refractivity contribution in [3.05, 3.63) is 83.4 Å². The first-order valence-electron chi connectivity index (χ1n) is 10.1. The molecule has 1 heterocycles. The van der Waals surface area contributed by atoms with Crippen LogP contribution in [-0.4, -0.2) is 25.5 Å². The van der Waals surface area contributed by atoms with Crippen LogP contribution in [0, 0.1) is 6.92 Å². The van der Waals surface area contributed by atoms with E-state index in [1.54, 1.807) is 30.2 Å². The Morgan fingerprint density at radius 1 is 1.03 bits per heavy atom. The zero-order valence-electron chi connectivity index (χ0n) is 17.6. The number of methoxy groups -OCH3 is 1. The Bertz CT molecular complexity index is 1090. The van der Waals surface area contributed by atoms with Crippen LogP contribution in [0.5, 0.6) is 11.5 Å². The number of nitrogens with zero attached hydrogens (tertiary/aromatic N) is 1. The summed E-state index contributed by atoms with van der Waals surface area (Å²) in [6.07, 6.45) is 0.240. The molecule has 6 heteroatoms. The van der Waals surface area contributed by atoms with Gasteiger partial charge in [-0.05, 0) is 48.4 Å². The van der Waals surface area contributed by atoms with Crippen molar-refractivity contribution in [1.29, 1.82) is 0 Å². The molecule has 158 valence electrons. The Morgan fingerprint density at radius 2 is 1.74 bits per heavy atom. The highest BCUT2D eigenvalue weighted by atomic mass is 16.5. The van der Waals surface area contributed by atoms with Gasteiger partial charge in [-0.2, -0.15) is 0 Å². The molecule has 0 saturated heterocycles. The van der Waals surface area contributed by atoms with Crippen LogP contribution in [-0.2, 0) is 22.6 Å². The van der Waals surface area contributed by atoms with E-state index in [1.165, 1.54) is 5.56 Å². The van der Waals surface area contributed by atoms with Crippen LogP contribution >= 0.6 is 0 Å². The van der Waals surface area contributed by atoms with Gasteiger partial charge in [-0.25, -0.2) is 0 Å². The topological polar surface area (TPSA) is 67.9 Å². The summed E-state index contributed by atoms with van der Waals surface area (Å²) < 4.78 is 10.7. The van der Waals surface area contributed by atoms with Gasteiger partial charge in [0.05, 0.1) is 25.8 Å². The highest BCUT2D eigenvalue weighted by Gasteiger charge is 2.26.